The van der Waals surface area contributed by atoms with Crippen molar-refractivity contribution in [2.24, 2.45) is 0 Å². The number of benzene rings is 1. The molecule has 1 aromatic rings. The molecule has 0 fully saturated rings. The van der Waals surface area contributed by atoms with Crippen LogP contribution in [-0.4, -0.2) is 13.6 Å². The summed E-state index contributed by atoms with van der Waals surface area (Å²) in [7, 11) is 1.88. The van der Waals surface area contributed by atoms with Gasteiger partial charge in [-0.1, -0.05) is 26.7 Å². The van der Waals surface area contributed by atoms with E-state index < -0.39 is 11.6 Å². The molecule has 0 bridgehead atoms. The van der Waals surface area contributed by atoms with E-state index in [9.17, 15) is 8.78 Å². The van der Waals surface area contributed by atoms with Crippen LogP contribution >= 0.6 is 0 Å². The Balaban J connectivity index is 3.20. The van der Waals surface area contributed by atoms with Gasteiger partial charge in [-0.3, -0.25) is 0 Å². The molecule has 1 nitrogen and oxygen atoms in total. The molecular formula is C15H23F2N. The van der Waals surface area contributed by atoms with Gasteiger partial charge < -0.3 is 5.32 Å². The number of rotatable bonds is 7. The van der Waals surface area contributed by atoms with Crippen molar-refractivity contribution >= 4 is 0 Å². The van der Waals surface area contributed by atoms with Crippen LogP contribution in [0.2, 0.25) is 0 Å². The van der Waals surface area contributed by atoms with E-state index in [1.165, 1.54) is 12.1 Å². The highest BCUT2D eigenvalue weighted by molar-refractivity contribution is 5.27. The van der Waals surface area contributed by atoms with Crippen molar-refractivity contribution in [3.8, 4) is 0 Å². The second-order valence-corrected chi connectivity index (χ2v) is 4.97. The van der Waals surface area contributed by atoms with Crippen LogP contribution in [0.3, 0.4) is 0 Å². The molecule has 1 aromatic carbocycles. The van der Waals surface area contributed by atoms with Gasteiger partial charge in [0, 0.05) is 18.0 Å². The van der Waals surface area contributed by atoms with Crippen molar-refractivity contribution in [2.75, 3.05) is 13.6 Å². The number of likely N-dealkylation sites (N-methyl/N-ethyl adjacent to an activating group) is 1. The summed E-state index contributed by atoms with van der Waals surface area (Å²) in [6.45, 7) is 4.96. The van der Waals surface area contributed by atoms with Gasteiger partial charge in [0.15, 0.2) is 0 Å². The lowest BCUT2D eigenvalue weighted by molar-refractivity contribution is 0.341. The van der Waals surface area contributed by atoms with Crippen LogP contribution in [0.1, 0.15) is 45.1 Å². The summed E-state index contributed by atoms with van der Waals surface area (Å²) in [5, 5.41) is 3.17. The highest BCUT2D eigenvalue weighted by atomic mass is 19.1. The Kier molecular flexibility index (Phi) is 5.73. The van der Waals surface area contributed by atoms with Crippen LogP contribution in [-0.2, 0) is 5.41 Å². The number of hydrogen-bond donors (Lipinski definition) is 1. The second-order valence-electron chi connectivity index (χ2n) is 4.97. The summed E-state index contributed by atoms with van der Waals surface area (Å²) in [6, 6.07) is 3.89. The average molecular weight is 255 g/mol. The third-order valence-corrected chi connectivity index (χ3v) is 3.45. The summed E-state index contributed by atoms with van der Waals surface area (Å²) >= 11 is 0. The van der Waals surface area contributed by atoms with Gasteiger partial charge in [0.25, 0.3) is 0 Å². The Morgan fingerprint density at radius 3 is 1.89 bits per heavy atom. The zero-order valence-corrected chi connectivity index (χ0v) is 11.5. The van der Waals surface area contributed by atoms with Crippen molar-refractivity contribution in [3.05, 3.63) is 35.4 Å². The maximum absolute atomic E-state index is 13.4. The van der Waals surface area contributed by atoms with E-state index in [4.69, 9.17) is 0 Å². The normalized spacial score (nSPS) is 11.8. The van der Waals surface area contributed by atoms with Crippen molar-refractivity contribution in [1.29, 1.82) is 0 Å². The molecule has 0 aliphatic heterocycles. The van der Waals surface area contributed by atoms with E-state index in [1.54, 1.807) is 0 Å². The molecule has 18 heavy (non-hydrogen) atoms. The van der Waals surface area contributed by atoms with Gasteiger partial charge in [-0.05, 0) is 37.6 Å². The molecule has 1 rings (SSSR count). The Hall–Kier alpha value is -0.960. The highest BCUT2D eigenvalue weighted by Gasteiger charge is 2.30. The largest absolute Gasteiger partial charge is 0.319 e. The Morgan fingerprint density at radius 1 is 1.00 bits per heavy atom. The van der Waals surface area contributed by atoms with E-state index >= 15 is 0 Å². The fourth-order valence-corrected chi connectivity index (χ4v) is 2.85. The molecule has 3 heteroatoms. The molecule has 0 radical (unpaired) electrons. The first kappa shape index (κ1) is 15.1. The smallest absolute Gasteiger partial charge is 0.126 e. The summed E-state index contributed by atoms with van der Waals surface area (Å²) in [5.74, 6) is -0.977. The van der Waals surface area contributed by atoms with E-state index in [0.29, 0.717) is 0 Å². The first-order chi connectivity index (χ1) is 8.57. The number of hydrogen-bond acceptors (Lipinski definition) is 1. The minimum atomic E-state index is -0.488. The highest BCUT2D eigenvalue weighted by Crippen LogP contribution is 2.34. The van der Waals surface area contributed by atoms with Crippen LogP contribution in [0.4, 0.5) is 8.78 Å². The average Bonchev–Trinajstić information content (AvgIpc) is 2.28. The summed E-state index contributed by atoms with van der Waals surface area (Å²) in [5.41, 5.74) is 0.610. The molecule has 0 aliphatic rings. The molecule has 0 saturated carbocycles. The lowest BCUT2D eigenvalue weighted by atomic mass is 9.73. The summed E-state index contributed by atoms with van der Waals surface area (Å²) in [4.78, 5) is 0. The summed E-state index contributed by atoms with van der Waals surface area (Å²) in [6.07, 6.45) is 3.87. The monoisotopic (exact) mass is 255 g/mol. The minimum Gasteiger partial charge on any atom is -0.319 e. The minimum absolute atomic E-state index is 0.165. The van der Waals surface area contributed by atoms with Gasteiger partial charge in [0.05, 0.1) is 0 Å². The van der Waals surface area contributed by atoms with E-state index in [0.717, 1.165) is 43.9 Å². The van der Waals surface area contributed by atoms with Gasteiger partial charge in [-0.15, -0.1) is 0 Å². The molecule has 0 atom stereocenters. The van der Waals surface area contributed by atoms with E-state index in [-0.39, 0.29) is 5.41 Å². The molecule has 1 N–H and O–H groups in total. The first-order valence-corrected chi connectivity index (χ1v) is 6.69. The van der Waals surface area contributed by atoms with Crippen molar-refractivity contribution < 1.29 is 8.78 Å². The standard InChI is InChI=1S/C15H23F2N/c1-4-6-15(7-5-2,11-18-3)12-8-13(16)10-14(17)9-12/h8-10,18H,4-7,11H2,1-3H3. The van der Waals surface area contributed by atoms with Gasteiger partial charge in [-0.2, -0.15) is 0 Å². The van der Waals surface area contributed by atoms with Gasteiger partial charge in [0.2, 0.25) is 0 Å². The second kappa shape index (κ2) is 6.83. The van der Waals surface area contributed by atoms with E-state index in [2.05, 4.69) is 19.2 Å². The first-order valence-electron chi connectivity index (χ1n) is 6.69. The Labute approximate surface area is 109 Å². The van der Waals surface area contributed by atoms with Gasteiger partial charge in [-0.25, -0.2) is 8.78 Å². The Bertz CT molecular complexity index is 339. The number of halogens is 2. The third-order valence-electron chi connectivity index (χ3n) is 3.45. The molecule has 0 heterocycles. The zero-order chi connectivity index (χ0) is 13.6. The van der Waals surface area contributed by atoms with Gasteiger partial charge >= 0.3 is 0 Å². The van der Waals surface area contributed by atoms with Crippen LogP contribution in [0, 0.1) is 11.6 Å². The third kappa shape index (κ3) is 3.52. The molecule has 0 unspecified atom stereocenters. The molecule has 0 amide bonds. The maximum Gasteiger partial charge on any atom is 0.126 e. The fourth-order valence-electron chi connectivity index (χ4n) is 2.85. The van der Waals surface area contributed by atoms with Crippen molar-refractivity contribution in [1.82, 2.24) is 5.32 Å². The Morgan fingerprint density at radius 2 is 1.50 bits per heavy atom. The van der Waals surface area contributed by atoms with Gasteiger partial charge in [0.1, 0.15) is 11.6 Å². The van der Waals surface area contributed by atoms with Crippen LogP contribution in [0.15, 0.2) is 18.2 Å². The van der Waals surface area contributed by atoms with Crippen LogP contribution in [0.25, 0.3) is 0 Å². The fraction of sp³-hybridized carbons (Fsp3) is 0.600. The van der Waals surface area contributed by atoms with Crippen molar-refractivity contribution in [3.63, 3.8) is 0 Å². The van der Waals surface area contributed by atoms with Crippen LogP contribution in [0.5, 0.6) is 0 Å². The quantitative estimate of drug-likeness (QED) is 0.776. The summed E-state index contributed by atoms with van der Waals surface area (Å²) < 4.78 is 26.8. The lowest BCUT2D eigenvalue weighted by Gasteiger charge is -2.34. The predicted octanol–water partition coefficient (Wildman–Crippen LogP) is 4.02. The van der Waals surface area contributed by atoms with Crippen molar-refractivity contribution in [2.45, 2.75) is 44.9 Å². The molecule has 0 spiro atoms. The van der Waals surface area contributed by atoms with Crippen LogP contribution < -0.4 is 5.32 Å². The zero-order valence-electron chi connectivity index (χ0n) is 11.5. The SMILES string of the molecule is CCCC(CCC)(CNC)c1cc(F)cc(F)c1. The van der Waals surface area contributed by atoms with E-state index in [1.807, 2.05) is 7.05 Å². The maximum atomic E-state index is 13.4. The number of nitrogens with one attached hydrogen (secondary N) is 1. The predicted molar refractivity (Wildman–Crippen MR) is 71.8 cm³/mol. The molecular weight excluding hydrogens is 232 g/mol. The lowest BCUT2D eigenvalue weighted by Crippen LogP contribution is -2.37. The molecule has 0 aliphatic carbocycles. The topological polar surface area (TPSA) is 12.0 Å². The molecule has 0 aromatic heterocycles. The molecule has 102 valence electrons. The molecule has 0 saturated heterocycles.